The molecule has 1 atom stereocenters. The molecule has 4 nitrogen and oxygen atoms in total. The Labute approximate surface area is 207 Å². The molecule has 35 heavy (non-hydrogen) atoms. The summed E-state index contributed by atoms with van der Waals surface area (Å²) in [5.41, 5.74) is 4.49. The van der Waals surface area contributed by atoms with Crippen LogP contribution in [0.3, 0.4) is 0 Å². The molecule has 0 spiro atoms. The van der Waals surface area contributed by atoms with Gasteiger partial charge in [0.15, 0.2) is 0 Å². The molecule has 0 N–H and O–H groups in total. The Hall–Kier alpha value is -3.28. The van der Waals surface area contributed by atoms with E-state index in [-0.39, 0.29) is 17.9 Å². The molecule has 0 aliphatic carbocycles. The smallest absolute Gasteiger partial charge is 0.303 e. The van der Waals surface area contributed by atoms with Crippen LogP contribution in [0.4, 0.5) is 4.39 Å². The lowest BCUT2D eigenvalue weighted by atomic mass is 10.0. The number of ether oxygens (including phenoxy) is 2. The molecule has 1 aliphatic rings. The van der Waals surface area contributed by atoms with Gasteiger partial charge in [0.25, 0.3) is 0 Å². The quantitative estimate of drug-likeness (QED) is 0.257. The number of esters is 1. The summed E-state index contributed by atoms with van der Waals surface area (Å²) in [5, 5.41) is 0. The van der Waals surface area contributed by atoms with E-state index < -0.39 is 6.10 Å². The predicted molar refractivity (Wildman–Crippen MR) is 135 cm³/mol. The summed E-state index contributed by atoms with van der Waals surface area (Å²) in [6, 6.07) is 26.8. The molecule has 4 rings (SSSR count). The van der Waals surface area contributed by atoms with Crippen molar-refractivity contribution in [3.63, 3.8) is 0 Å². The third-order valence-electron chi connectivity index (χ3n) is 6.27. The topological polar surface area (TPSA) is 38.8 Å². The Morgan fingerprint density at radius 1 is 0.914 bits per heavy atom. The normalized spacial score (nSPS) is 15.0. The van der Waals surface area contributed by atoms with Gasteiger partial charge in [-0.05, 0) is 41.7 Å². The molecular weight excluding hydrogens is 441 g/mol. The maximum absolute atomic E-state index is 13.3. The Morgan fingerprint density at radius 3 is 2.09 bits per heavy atom. The minimum Gasteiger partial charge on any atom is -0.456 e. The average Bonchev–Trinajstić information content (AvgIpc) is 2.88. The van der Waals surface area contributed by atoms with Gasteiger partial charge in [-0.25, -0.2) is 4.39 Å². The number of carbonyl (C=O) groups is 1. The molecule has 0 saturated carbocycles. The van der Waals surface area contributed by atoms with Crippen LogP contribution >= 0.6 is 0 Å². The summed E-state index contributed by atoms with van der Waals surface area (Å²) in [6.45, 7) is 4.30. The number of halogens is 1. The highest BCUT2D eigenvalue weighted by Crippen LogP contribution is 2.27. The number of carbonyl (C=O) groups excluding carboxylic acids is 1. The van der Waals surface area contributed by atoms with E-state index in [4.69, 9.17) is 9.47 Å². The Balaban J connectivity index is 1.32. The summed E-state index contributed by atoms with van der Waals surface area (Å²) >= 11 is 0. The molecule has 0 amide bonds. The number of rotatable bonds is 10. The van der Waals surface area contributed by atoms with E-state index in [0.717, 1.165) is 42.6 Å². The van der Waals surface area contributed by atoms with Gasteiger partial charge in [-0.2, -0.15) is 0 Å². The molecule has 0 fully saturated rings. The Kier molecular flexibility index (Phi) is 8.82. The SMILES string of the molecule is CC(=O)OC(CN1CC=C(CCOC(c2ccccc2)c2ccccc2)CC1)c1ccc(F)cc1. The molecule has 0 bridgehead atoms. The highest BCUT2D eigenvalue weighted by molar-refractivity contribution is 5.66. The van der Waals surface area contributed by atoms with Gasteiger partial charge in [-0.3, -0.25) is 9.69 Å². The molecule has 1 heterocycles. The predicted octanol–water partition coefficient (Wildman–Crippen LogP) is 6.26. The van der Waals surface area contributed by atoms with E-state index in [1.54, 1.807) is 12.1 Å². The lowest BCUT2D eigenvalue weighted by Crippen LogP contribution is -2.34. The van der Waals surface area contributed by atoms with Gasteiger partial charge in [0.1, 0.15) is 18.0 Å². The maximum Gasteiger partial charge on any atom is 0.303 e. The first-order chi connectivity index (χ1) is 17.1. The number of nitrogens with zero attached hydrogens (tertiary/aromatic N) is 1. The van der Waals surface area contributed by atoms with Crippen molar-refractivity contribution in [1.82, 2.24) is 4.90 Å². The summed E-state index contributed by atoms with van der Waals surface area (Å²) in [4.78, 5) is 13.9. The minimum absolute atomic E-state index is 0.0849. The van der Waals surface area contributed by atoms with Crippen LogP contribution < -0.4 is 0 Å². The van der Waals surface area contributed by atoms with E-state index in [2.05, 4.69) is 35.2 Å². The average molecular weight is 474 g/mol. The van der Waals surface area contributed by atoms with Gasteiger partial charge in [0, 0.05) is 26.6 Å². The second-order valence-electron chi connectivity index (χ2n) is 8.84. The number of hydrogen-bond donors (Lipinski definition) is 0. The van der Waals surface area contributed by atoms with E-state index in [0.29, 0.717) is 13.2 Å². The van der Waals surface area contributed by atoms with Crippen LogP contribution in [0.1, 0.15) is 48.7 Å². The monoisotopic (exact) mass is 473 g/mol. The number of benzene rings is 3. The molecule has 1 aliphatic heterocycles. The van der Waals surface area contributed by atoms with Crippen molar-refractivity contribution >= 4 is 5.97 Å². The third-order valence-corrected chi connectivity index (χ3v) is 6.27. The van der Waals surface area contributed by atoms with Crippen LogP contribution in [0, 0.1) is 5.82 Å². The van der Waals surface area contributed by atoms with Gasteiger partial charge in [0.2, 0.25) is 0 Å². The van der Waals surface area contributed by atoms with Gasteiger partial charge in [-0.1, -0.05) is 84.4 Å². The van der Waals surface area contributed by atoms with Crippen LogP contribution in [0.15, 0.2) is 96.6 Å². The summed E-state index contributed by atoms with van der Waals surface area (Å²) in [7, 11) is 0. The van der Waals surface area contributed by atoms with Crippen molar-refractivity contribution in [2.75, 3.05) is 26.2 Å². The first-order valence-corrected chi connectivity index (χ1v) is 12.1. The molecule has 1 unspecified atom stereocenters. The van der Waals surface area contributed by atoms with E-state index in [9.17, 15) is 9.18 Å². The first-order valence-electron chi connectivity index (χ1n) is 12.1. The standard InChI is InChI=1S/C30H32FNO3/c1-23(33)35-29(25-12-14-28(31)15-13-25)22-32-19-16-24(17-20-32)18-21-34-30(26-8-4-2-5-9-26)27-10-6-3-7-11-27/h2-16,29-30H,17-22H2,1H3. The van der Waals surface area contributed by atoms with Crippen molar-refractivity contribution in [3.8, 4) is 0 Å². The molecule has 3 aromatic carbocycles. The molecule has 3 aromatic rings. The van der Waals surface area contributed by atoms with Crippen molar-refractivity contribution in [3.05, 3.63) is 119 Å². The number of hydrogen-bond acceptors (Lipinski definition) is 4. The molecule has 0 radical (unpaired) electrons. The zero-order valence-electron chi connectivity index (χ0n) is 20.1. The molecular formula is C30H32FNO3. The van der Waals surface area contributed by atoms with Crippen LogP contribution in [-0.4, -0.2) is 37.1 Å². The lowest BCUT2D eigenvalue weighted by molar-refractivity contribution is -0.147. The second-order valence-corrected chi connectivity index (χ2v) is 8.84. The fourth-order valence-corrected chi connectivity index (χ4v) is 4.42. The van der Waals surface area contributed by atoms with Crippen LogP contribution in [-0.2, 0) is 14.3 Å². The Morgan fingerprint density at radius 2 is 1.54 bits per heavy atom. The van der Waals surface area contributed by atoms with Crippen molar-refractivity contribution in [2.45, 2.75) is 32.0 Å². The lowest BCUT2D eigenvalue weighted by Gasteiger charge is -2.30. The fraction of sp³-hybridized carbons (Fsp3) is 0.300. The molecule has 182 valence electrons. The van der Waals surface area contributed by atoms with E-state index in [1.807, 2.05) is 36.4 Å². The zero-order chi connectivity index (χ0) is 24.5. The van der Waals surface area contributed by atoms with E-state index >= 15 is 0 Å². The van der Waals surface area contributed by atoms with Crippen molar-refractivity contribution < 1.29 is 18.7 Å². The van der Waals surface area contributed by atoms with Gasteiger partial charge >= 0.3 is 5.97 Å². The third kappa shape index (κ3) is 7.35. The minimum atomic E-state index is -0.413. The summed E-state index contributed by atoms with van der Waals surface area (Å²) in [5.74, 6) is -0.638. The zero-order valence-corrected chi connectivity index (χ0v) is 20.1. The van der Waals surface area contributed by atoms with Crippen LogP contribution in [0.5, 0.6) is 0 Å². The van der Waals surface area contributed by atoms with Gasteiger partial charge < -0.3 is 9.47 Å². The van der Waals surface area contributed by atoms with Gasteiger partial charge in [0.05, 0.1) is 6.61 Å². The molecule has 0 aromatic heterocycles. The second kappa shape index (κ2) is 12.4. The summed E-state index contributed by atoms with van der Waals surface area (Å²) < 4.78 is 25.2. The molecule has 0 saturated heterocycles. The Bertz CT molecular complexity index is 1060. The van der Waals surface area contributed by atoms with Gasteiger partial charge in [-0.15, -0.1) is 0 Å². The largest absolute Gasteiger partial charge is 0.456 e. The fourth-order valence-electron chi connectivity index (χ4n) is 4.42. The van der Waals surface area contributed by atoms with Crippen LogP contribution in [0.25, 0.3) is 0 Å². The van der Waals surface area contributed by atoms with E-state index in [1.165, 1.54) is 24.6 Å². The highest BCUT2D eigenvalue weighted by Gasteiger charge is 2.21. The van der Waals surface area contributed by atoms with Crippen molar-refractivity contribution in [1.29, 1.82) is 0 Å². The summed E-state index contributed by atoms with van der Waals surface area (Å²) in [6.07, 6.45) is 3.58. The van der Waals surface area contributed by atoms with Crippen molar-refractivity contribution in [2.24, 2.45) is 0 Å². The molecule has 5 heteroatoms. The highest BCUT2D eigenvalue weighted by atomic mass is 19.1. The maximum atomic E-state index is 13.3. The van der Waals surface area contributed by atoms with Crippen LogP contribution in [0.2, 0.25) is 0 Å². The first kappa shape index (κ1) is 24.8.